The van der Waals surface area contributed by atoms with Crippen LogP contribution in [0.4, 0.5) is 21.9 Å². The maximum absolute atomic E-state index is 12.9. The van der Waals surface area contributed by atoms with Gasteiger partial charge in [-0.1, -0.05) is 12.1 Å². The first-order valence-corrected chi connectivity index (χ1v) is 11.2. The number of rotatable bonds is 7. The van der Waals surface area contributed by atoms with Crippen LogP contribution in [0.1, 0.15) is 29.8 Å². The maximum Gasteiger partial charge on any atom is 0.413 e. The van der Waals surface area contributed by atoms with E-state index in [0.717, 1.165) is 6.07 Å². The van der Waals surface area contributed by atoms with E-state index in [2.05, 4.69) is 10.6 Å². The van der Waals surface area contributed by atoms with Gasteiger partial charge in [-0.25, -0.2) is 9.59 Å². The molecule has 3 aromatic rings. The van der Waals surface area contributed by atoms with Gasteiger partial charge in [-0.3, -0.25) is 19.9 Å². The van der Waals surface area contributed by atoms with Crippen LogP contribution in [0.5, 0.6) is 5.75 Å². The SMILES string of the molecule is COC(=O)N(C)c1ccc(-c2cc(C(=N)C(=O)Nc3ccc(C#N)cc3C(=O)O)c(O)cc2NC(C)=O)cc1.[HH]. The van der Waals surface area contributed by atoms with Gasteiger partial charge in [-0.2, -0.15) is 5.26 Å². The van der Waals surface area contributed by atoms with E-state index >= 15 is 0 Å². The Kier molecular flexibility index (Phi) is 8.27. The molecule has 0 unspecified atom stereocenters. The zero-order valence-corrected chi connectivity index (χ0v) is 21.0. The number of aromatic hydroxyl groups is 1. The van der Waals surface area contributed by atoms with Gasteiger partial charge < -0.3 is 25.6 Å². The molecule has 3 rings (SSSR count). The normalized spacial score (nSPS) is 10.1. The summed E-state index contributed by atoms with van der Waals surface area (Å²) in [6.45, 7) is 1.27. The minimum absolute atomic E-state index is 0. The quantitative estimate of drug-likeness (QED) is 0.282. The van der Waals surface area contributed by atoms with Crippen LogP contribution >= 0.6 is 0 Å². The molecule has 39 heavy (non-hydrogen) atoms. The van der Waals surface area contributed by atoms with Crippen molar-refractivity contribution in [3.05, 3.63) is 71.3 Å². The number of methoxy groups -OCH3 is 1. The van der Waals surface area contributed by atoms with Gasteiger partial charge in [0, 0.05) is 38.3 Å². The number of ether oxygens (including phenoxy) is 1. The lowest BCUT2D eigenvalue weighted by Gasteiger charge is -2.18. The lowest BCUT2D eigenvalue weighted by atomic mass is 9.97. The molecule has 3 amide bonds. The molecule has 0 heterocycles. The van der Waals surface area contributed by atoms with Crippen LogP contribution in [0.15, 0.2) is 54.6 Å². The highest BCUT2D eigenvalue weighted by Crippen LogP contribution is 2.35. The van der Waals surface area contributed by atoms with E-state index in [-0.39, 0.29) is 29.5 Å². The molecule has 0 saturated heterocycles. The topological polar surface area (TPSA) is 193 Å². The van der Waals surface area contributed by atoms with E-state index < -0.39 is 35.3 Å². The molecule has 0 aromatic heterocycles. The lowest BCUT2D eigenvalue weighted by Crippen LogP contribution is -2.25. The molecular weight excluding hydrogens is 506 g/mol. The Morgan fingerprint density at radius 1 is 1.00 bits per heavy atom. The summed E-state index contributed by atoms with van der Waals surface area (Å²) in [7, 11) is 2.77. The minimum Gasteiger partial charge on any atom is -0.507 e. The molecule has 0 radical (unpaired) electrons. The number of hydrogen-bond donors (Lipinski definition) is 5. The van der Waals surface area contributed by atoms with Gasteiger partial charge in [0.2, 0.25) is 5.91 Å². The molecule has 12 nitrogen and oxygen atoms in total. The van der Waals surface area contributed by atoms with Crippen molar-refractivity contribution >= 4 is 46.7 Å². The Hall–Kier alpha value is -5.70. The molecule has 0 atom stereocenters. The first-order valence-electron chi connectivity index (χ1n) is 11.2. The molecular formula is C27H25N5O7. The average Bonchev–Trinajstić information content (AvgIpc) is 2.91. The third-order valence-corrected chi connectivity index (χ3v) is 5.58. The first kappa shape index (κ1) is 27.9. The van der Waals surface area contributed by atoms with Crippen LogP contribution in [-0.2, 0) is 14.3 Å². The second kappa shape index (κ2) is 11.6. The summed E-state index contributed by atoms with van der Waals surface area (Å²) >= 11 is 0. The monoisotopic (exact) mass is 531 g/mol. The molecule has 0 aliphatic heterocycles. The third kappa shape index (κ3) is 6.17. The smallest absolute Gasteiger partial charge is 0.413 e. The van der Waals surface area contributed by atoms with Gasteiger partial charge in [-0.15, -0.1) is 0 Å². The minimum atomic E-state index is -1.39. The molecule has 0 aliphatic rings. The highest BCUT2D eigenvalue weighted by molar-refractivity contribution is 6.48. The summed E-state index contributed by atoms with van der Waals surface area (Å²) < 4.78 is 4.70. The molecule has 5 N–H and O–H groups in total. The second-order valence-corrected chi connectivity index (χ2v) is 8.18. The lowest BCUT2D eigenvalue weighted by molar-refractivity contribution is -0.114. The Balaban J connectivity index is 0.00000560. The number of anilines is 3. The number of phenolic OH excluding ortho intramolecular Hbond substituents is 1. The number of amides is 3. The van der Waals surface area contributed by atoms with Crippen molar-refractivity contribution in [2.45, 2.75) is 6.92 Å². The number of nitrogens with one attached hydrogen (secondary N) is 3. The number of hydrogen-bond acceptors (Lipinski definition) is 8. The number of carboxylic acid groups (broad SMARTS) is 1. The molecule has 0 bridgehead atoms. The fourth-order valence-corrected chi connectivity index (χ4v) is 3.63. The van der Waals surface area contributed by atoms with Gasteiger partial charge in [0.05, 0.1) is 35.7 Å². The molecule has 12 heteroatoms. The maximum atomic E-state index is 12.9. The van der Waals surface area contributed by atoms with E-state index in [1.165, 1.54) is 50.2 Å². The molecule has 0 aliphatic carbocycles. The van der Waals surface area contributed by atoms with Crippen molar-refractivity contribution in [3.63, 3.8) is 0 Å². The zero-order valence-electron chi connectivity index (χ0n) is 21.0. The number of nitriles is 1. The Morgan fingerprint density at radius 3 is 2.23 bits per heavy atom. The highest BCUT2D eigenvalue weighted by atomic mass is 16.5. The summed E-state index contributed by atoms with van der Waals surface area (Å²) in [6.07, 6.45) is -0.582. The zero-order chi connectivity index (χ0) is 28.9. The van der Waals surface area contributed by atoms with E-state index in [1.54, 1.807) is 24.3 Å². The molecule has 3 aromatic carbocycles. The molecule has 0 fully saturated rings. The summed E-state index contributed by atoms with van der Waals surface area (Å²) in [6, 6.07) is 14.5. The molecule has 200 valence electrons. The predicted molar refractivity (Wildman–Crippen MR) is 144 cm³/mol. The number of carbonyl (C=O) groups is 4. The third-order valence-electron chi connectivity index (χ3n) is 5.58. The van der Waals surface area contributed by atoms with Crippen LogP contribution in [0, 0.1) is 16.7 Å². The molecule has 0 spiro atoms. The van der Waals surface area contributed by atoms with Gasteiger partial charge >= 0.3 is 12.1 Å². The van der Waals surface area contributed by atoms with Crippen molar-refractivity contribution in [2.75, 3.05) is 29.7 Å². The highest BCUT2D eigenvalue weighted by Gasteiger charge is 2.22. The number of carbonyl (C=O) groups excluding carboxylic acids is 3. The van der Waals surface area contributed by atoms with Crippen molar-refractivity contribution < 1.29 is 35.6 Å². The molecule has 0 saturated carbocycles. The summed E-state index contributed by atoms with van der Waals surface area (Å²) in [5, 5.41) is 42.4. The summed E-state index contributed by atoms with van der Waals surface area (Å²) in [4.78, 5) is 49.4. The van der Waals surface area contributed by atoms with Crippen molar-refractivity contribution in [2.24, 2.45) is 0 Å². The number of nitrogens with zero attached hydrogens (tertiary/aromatic N) is 2. The standard InChI is InChI=1S/C27H23N5O7.H2/c1-14(33)30-22-12-23(34)20(11-18(22)16-5-7-17(8-6-16)32(2)27(38)39-3)24(29)25(35)31-21-9-4-15(13-28)10-19(21)26(36)37;/h4-12,29,34H,1-3H3,(H,30,33)(H,31,35)(H,36,37);1H. The van der Waals surface area contributed by atoms with Crippen LogP contribution in [0.25, 0.3) is 11.1 Å². The van der Waals surface area contributed by atoms with Crippen molar-refractivity contribution in [1.29, 1.82) is 10.7 Å². The number of carboxylic acids is 1. The van der Waals surface area contributed by atoms with Gasteiger partial charge in [-0.05, 0) is 42.0 Å². The van der Waals surface area contributed by atoms with Gasteiger partial charge in [0.15, 0.2) is 0 Å². The van der Waals surface area contributed by atoms with Gasteiger partial charge in [0.1, 0.15) is 11.5 Å². The predicted octanol–water partition coefficient (Wildman–Crippen LogP) is 4.04. The van der Waals surface area contributed by atoms with E-state index in [9.17, 15) is 29.4 Å². The van der Waals surface area contributed by atoms with Crippen LogP contribution in [-0.4, -0.2) is 54.0 Å². The van der Waals surface area contributed by atoms with Crippen molar-refractivity contribution in [1.82, 2.24) is 0 Å². The van der Waals surface area contributed by atoms with Crippen LogP contribution in [0.2, 0.25) is 0 Å². The fourth-order valence-electron chi connectivity index (χ4n) is 3.63. The summed E-state index contributed by atoms with van der Waals surface area (Å²) in [5.41, 5.74) is 0.279. The van der Waals surface area contributed by atoms with E-state index in [1.807, 2.05) is 6.07 Å². The Labute approximate surface area is 224 Å². The van der Waals surface area contributed by atoms with Crippen LogP contribution < -0.4 is 15.5 Å². The summed E-state index contributed by atoms with van der Waals surface area (Å²) in [5.74, 6) is -3.32. The number of benzene rings is 3. The fraction of sp³-hybridized carbons (Fsp3) is 0.111. The number of aromatic carboxylic acids is 1. The Morgan fingerprint density at radius 2 is 1.67 bits per heavy atom. The van der Waals surface area contributed by atoms with Gasteiger partial charge in [0.25, 0.3) is 5.91 Å². The van der Waals surface area contributed by atoms with Crippen molar-refractivity contribution in [3.8, 4) is 22.9 Å². The first-order chi connectivity index (χ1) is 18.5. The average molecular weight is 532 g/mol. The Bertz CT molecular complexity index is 1550. The second-order valence-electron chi connectivity index (χ2n) is 8.18. The van der Waals surface area contributed by atoms with E-state index in [0.29, 0.717) is 16.8 Å². The van der Waals surface area contributed by atoms with Crippen LogP contribution in [0.3, 0.4) is 0 Å². The number of phenols is 1. The van der Waals surface area contributed by atoms with E-state index in [4.69, 9.17) is 15.4 Å². The largest absolute Gasteiger partial charge is 0.507 e.